The SMILES string of the molecule is COC(=O)[C@@H]1CCCN1S(=O)(=O)c1cc(Cl)c(C)cc1O. The maximum absolute atomic E-state index is 12.6. The molecule has 1 N–H and O–H groups in total. The molecule has 0 bridgehead atoms. The van der Waals surface area contributed by atoms with E-state index in [4.69, 9.17) is 11.6 Å². The van der Waals surface area contributed by atoms with Gasteiger partial charge >= 0.3 is 5.97 Å². The molecule has 0 radical (unpaired) electrons. The van der Waals surface area contributed by atoms with E-state index in [1.54, 1.807) is 6.92 Å². The highest BCUT2D eigenvalue weighted by molar-refractivity contribution is 7.89. The van der Waals surface area contributed by atoms with Crippen LogP contribution in [0.4, 0.5) is 0 Å². The molecule has 1 atom stereocenters. The molecule has 1 aliphatic rings. The van der Waals surface area contributed by atoms with Crippen molar-refractivity contribution in [2.45, 2.75) is 30.7 Å². The second kappa shape index (κ2) is 5.82. The third-order valence-electron chi connectivity index (χ3n) is 3.50. The number of ether oxygens (including phenoxy) is 1. The van der Waals surface area contributed by atoms with Crippen LogP contribution in [0.3, 0.4) is 0 Å². The van der Waals surface area contributed by atoms with Gasteiger partial charge in [-0.05, 0) is 37.5 Å². The molecule has 1 aliphatic heterocycles. The zero-order valence-electron chi connectivity index (χ0n) is 11.7. The number of sulfonamides is 1. The molecule has 8 heteroatoms. The number of hydrogen-bond donors (Lipinski definition) is 1. The number of rotatable bonds is 3. The number of aryl methyl sites for hydroxylation is 1. The molecule has 0 unspecified atom stereocenters. The van der Waals surface area contributed by atoms with Crippen LogP contribution in [-0.4, -0.2) is 43.5 Å². The van der Waals surface area contributed by atoms with Crippen LogP contribution in [0.5, 0.6) is 5.75 Å². The van der Waals surface area contributed by atoms with Gasteiger partial charge < -0.3 is 9.84 Å². The quantitative estimate of drug-likeness (QED) is 0.851. The summed E-state index contributed by atoms with van der Waals surface area (Å²) in [5.41, 5.74) is 0.569. The van der Waals surface area contributed by atoms with Crippen molar-refractivity contribution in [2.75, 3.05) is 13.7 Å². The maximum Gasteiger partial charge on any atom is 0.324 e. The van der Waals surface area contributed by atoms with Crippen molar-refractivity contribution in [3.63, 3.8) is 0 Å². The van der Waals surface area contributed by atoms with Gasteiger partial charge in [0.05, 0.1) is 7.11 Å². The van der Waals surface area contributed by atoms with Crippen LogP contribution in [0.2, 0.25) is 5.02 Å². The summed E-state index contributed by atoms with van der Waals surface area (Å²) in [4.78, 5) is 11.4. The maximum atomic E-state index is 12.6. The predicted octanol–water partition coefficient (Wildman–Crippen LogP) is 1.68. The third kappa shape index (κ3) is 2.86. The molecule has 116 valence electrons. The average molecular weight is 334 g/mol. The summed E-state index contributed by atoms with van der Waals surface area (Å²) in [6.45, 7) is 1.86. The average Bonchev–Trinajstić information content (AvgIpc) is 2.91. The number of methoxy groups -OCH3 is 1. The third-order valence-corrected chi connectivity index (χ3v) is 5.85. The van der Waals surface area contributed by atoms with E-state index in [0.717, 1.165) is 4.31 Å². The fourth-order valence-corrected chi connectivity index (χ4v) is 4.35. The Balaban J connectivity index is 2.47. The molecule has 1 heterocycles. The molecule has 0 aliphatic carbocycles. The number of phenolic OH excluding ortho intramolecular Hbond substituents is 1. The van der Waals surface area contributed by atoms with Gasteiger partial charge in [0, 0.05) is 11.6 Å². The van der Waals surface area contributed by atoms with Gasteiger partial charge in [0.1, 0.15) is 16.7 Å². The van der Waals surface area contributed by atoms with Gasteiger partial charge in [0.15, 0.2) is 0 Å². The standard InChI is InChI=1S/C13H16ClNO5S/c1-8-6-11(16)12(7-9(8)14)21(18,19)15-5-3-4-10(15)13(17)20-2/h6-7,10,16H,3-5H2,1-2H3/t10-/m0/s1. The van der Waals surface area contributed by atoms with E-state index in [1.807, 2.05) is 0 Å². The summed E-state index contributed by atoms with van der Waals surface area (Å²) in [6, 6.07) is 1.63. The summed E-state index contributed by atoms with van der Waals surface area (Å²) >= 11 is 5.94. The van der Waals surface area contributed by atoms with Gasteiger partial charge in [0.25, 0.3) is 0 Å². The van der Waals surface area contributed by atoms with Gasteiger partial charge in [-0.25, -0.2) is 8.42 Å². The van der Waals surface area contributed by atoms with Crippen LogP contribution >= 0.6 is 11.6 Å². The summed E-state index contributed by atoms with van der Waals surface area (Å²) in [7, 11) is -2.80. The second-order valence-corrected chi connectivity index (χ2v) is 7.13. The number of esters is 1. The monoisotopic (exact) mass is 333 g/mol. The van der Waals surface area contributed by atoms with Gasteiger partial charge in [-0.1, -0.05) is 11.6 Å². The van der Waals surface area contributed by atoms with Gasteiger partial charge in [-0.15, -0.1) is 0 Å². The van der Waals surface area contributed by atoms with Crippen LogP contribution in [0.25, 0.3) is 0 Å². The van der Waals surface area contributed by atoms with Crippen LogP contribution in [0, 0.1) is 6.92 Å². The zero-order valence-corrected chi connectivity index (χ0v) is 13.2. The van der Waals surface area contributed by atoms with Crippen LogP contribution < -0.4 is 0 Å². The van der Waals surface area contributed by atoms with E-state index in [9.17, 15) is 18.3 Å². The number of carbonyl (C=O) groups is 1. The summed E-state index contributed by atoms with van der Waals surface area (Å²) < 4.78 is 31.0. The summed E-state index contributed by atoms with van der Waals surface area (Å²) in [6.07, 6.45) is 0.950. The molecule has 0 spiro atoms. The smallest absolute Gasteiger partial charge is 0.324 e. The second-order valence-electron chi connectivity index (χ2n) is 4.87. The highest BCUT2D eigenvalue weighted by Crippen LogP contribution is 2.34. The molecule has 1 aromatic rings. The molecule has 1 aromatic carbocycles. The first kappa shape index (κ1) is 16.1. The number of aromatic hydroxyl groups is 1. The van der Waals surface area contributed by atoms with Crippen LogP contribution in [-0.2, 0) is 19.6 Å². The lowest BCUT2D eigenvalue weighted by atomic mass is 10.2. The van der Waals surface area contributed by atoms with Gasteiger partial charge in [0.2, 0.25) is 10.0 Å². The normalized spacial score (nSPS) is 19.7. The first-order valence-corrected chi connectivity index (χ1v) is 8.19. The molecule has 0 saturated carbocycles. The number of nitrogens with zero attached hydrogens (tertiary/aromatic N) is 1. The van der Waals surface area contributed by atoms with Gasteiger partial charge in [-0.2, -0.15) is 4.31 Å². The lowest BCUT2D eigenvalue weighted by Gasteiger charge is -2.22. The predicted molar refractivity (Wildman–Crippen MR) is 76.8 cm³/mol. The first-order valence-electron chi connectivity index (χ1n) is 6.38. The van der Waals surface area contributed by atoms with E-state index in [1.165, 1.54) is 19.2 Å². The lowest BCUT2D eigenvalue weighted by Crippen LogP contribution is -2.41. The topological polar surface area (TPSA) is 83.9 Å². The van der Waals surface area contributed by atoms with Crippen molar-refractivity contribution >= 4 is 27.6 Å². The Bertz CT molecular complexity index is 673. The minimum atomic E-state index is -4.01. The van der Waals surface area contributed by atoms with E-state index in [-0.39, 0.29) is 22.2 Å². The summed E-state index contributed by atoms with van der Waals surface area (Å²) in [5, 5.41) is 10.1. The first-order chi connectivity index (χ1) is 9.78. The lowest BCUT2D eigenvalue weighted by molar-refractivity contribution is -0.144. The fraction of sp³-hybridized carbons (Fsp3) is 0.462. The summed E-state index contributed by atoms with van der Waals surface area (Å²) in [5.74, 6) is -0.985. The molecular formula is C13H16ClNO5S. The van der Waals surface area contributed by atoms with E-state index >= 15 is 0 Å². The minimum Gasteiger partial charge on any atom is -0.507 e. The van der Waals surface area contributed by atoms with Crippen molar-refractivity contribution in [2.24, 2.45) is 0 Å². The highest BCUT2D eigenvalue weighted by Gasteiger charge is 2.41. The molecule has 2 rings (SSSR count). The molecule has 1 saturated heterocycles. The Labute approximate surface area is 128 Å². The molecule has 1 fully saturated rings. The van der Waals surface area contributed by atoms with Crippen molar-refractivity contribution in [1.29, 1.82) is 0 Å². The molecule has 0 amide bonds. The molecule has 6 nitrogen and oxygen atoms in total. The number of carbonyl (C=O) groups excluding carboxylic acids is 1. The van der Waals surface area contributed by atoms with Crippen LogP contribution in [0.15, 0.2) is 17.0 Å². The van der Waals surface area contributed by atoms with Crippen molar-refractivity contribution in [3.8, 4) is 5.75 Å². The molecule has 21 heavy (non-hydrogen) atoms. The fourth-order valence-electron chi connectivity index (χ4n) is 2.38. The number of halogens is 1. The van der Waals surface area contributed by atoms with Gasteiger partial charge in [-0.3, -0.25) is 4.79 Å². The number of benzene rings is 1. The van der Waals surface area contributed by atoms with Crippen molar-refractivity contribution in [1.82, 2.24) is 4.31 Å². The number of hydrogen-bond acceptors (Lipinski definition) is 5. The Morgan fingerprint density at radius 1 is 1.48 bits per heavy atom. The van der Waals surface area contributed by atoms with Crippen molar-refractivity contribution < 1.29 is 23.1 Å². The molecule has 0 aromatic heterocycles. The Hall–Kier alpha value is -1.31. The minimum absolute atomic E-state index is 0.201. The highest BCUT2D eigenvalue weighted by atomic mass is 35.5. The Kier molecular flexibility index (Phi) is 4.46. The van der Waals surface area contributed by atoms with E-state index < -0.39 is 22.0 Å². The van der Waals surface area contributed by atoms with E-state index in [0.29, 0.717) is 18.4 Å². The number of phenols is 1. The van der Waals surface area contributed by atoms with Crippen LogP contribution in [0.1, 0.15) is 18.4 Å². The Morgan fingerprint density at radius 2 is 2.14 bits per heavy atom. The largest absolute Gasteiger partial charge is 0.507 e. The molecular weight excluding hydrogens is 318 g/mol. The van der Waals surface area contributed by atoms with E-state index in [2.05, 4.69) is 4.74 Å². The van der Waals surface area contributed by atoms with Crippen molar-refractivity contribution in [3.05, 3.63) is 22.7 Å². The Morgan fingerprint density at radius 3 is 2.76 bits per heavy atom. The zero-order chi connectivity index (χ0) is 15.8.